The van der Waals surface area contributed by atoms with E-state index in [1.54, 1.807) is 24.3 Å². The number of rotatable bonds is 7. The van der Waals surface area contributed by atoms with Crippen LogP contribution in [0.5, 0.6) is 5.75 Å². The molecule has 1 fully saturated rings. The fraction of sp³-hybridized carbons (Fsp3) is 0.500. The van der Waals surface area contributed by atoms with Crippen molar-refractivity contribution in [3.63, 3.8) is 0 Å². The van der Waals surface area contributed by atoms with E-state index in [1.165, 1.54) is 7.11 Å². The van der Waals surface area contributed by atoms with Gasteiger partial charge in [0.25, 0.3) is 0 Å². The van der Waals surface area contributed by atoms with Gasteiger partial charge in [0, 0.05) is 36.2 Å². The van der Waals surface area contributed by atoms with Gasteiger partial charge in [-0.2, -0.15) is 11.8 Å². The number of nitrogens with one attached hydrogen (secondary N) is 2. The first-order valence-corrected chi connectivity index (χ1v) is 8.73. The number of ether oxygens (including phenoxy) is 2. The van der Waals surface area contributed by atoms with Gasteiger partial charge in [-0.15, -0.1) is 12.4 Å². The van der Waals surface area contributed by atoms with Gasteiger partial charge in [-0.3, -0.25) is 9.59 Å². The zero-order chi connectivity index (χ0) is 16.5. The Bertz CT molecular complexity index is 521. The highest BCUT2D eigenvalue weighted by molar-refractivity contribution is 7.99. The summed E-state index contributed by atoms with van der Waals surface area (Å²) in [5, 5.41) is 6.22. The van der Waals surface area contributed by atoms with Gasteiger partial charge in [-0.05, 0) is 24.3 Å². The Kier molecular flexibility index (Phi) is 9.59. The van der Waals surface area contributed by atoms with E-state index in [9.17, 15) is 9.59 Å². The van der Waals surface area contributed by atoms with E-state index in [4.69, 9.17) is 4.74 Å². The molecular weight excluding hydrogens is 352 g/mol. The van der Waals surface area contributed by atoms with Gasteiger partial charge in [-0.25, -0.2) is 0 Å². The van der Waals surface area contributed by atoms with Crippen LogP contribution in [0.15, 0.2) is 24.3 Å². The summed E-state index contributed by atoms with van der Waals surface area (Å²) in [6, 6.07) is 7.35. The highest BCUT2D eigenvalue weighted by atomic mass is 35.5. The van der Waals surface area contributed by atoms with Crippen molar-refractivity contribution in [3.05, 3.63) is 24.3 Å². The first-order chi connectivity index (χ1) is 11.2. The molecule has 0 bridgehead atoms. The van der Waals surface area contributed by atoms with Gasteiger partial charge in [0.15, 0.2) is 0 Å². The summed E-state index contributed by atoms with van der Waals surface area (Å²) in [6.45, 7) is 1.23. The summed E-state index contributed by atoms with van der Waals surface area (Å²) >= 11 is 1.87. The third-order valence-corrected chi connectivity index (χ3v) is 4.50. The molecule has 2 N–H and O–H groups in total. The SMILES string of the molecule is COC(=O)CCOc1ccc(NC(=O)CC2CSCCN2)cc1.Cl. The van der Waals surface area contributed by atoms with Crippen molar-refractivity contribution in [2.45, 2.75) is 18.9 Å². The minimum Gasteiger partial charge on any atom is -0.493 e. The first-order valence-electron chi connectivity index (χ1n) is 7.58. The topological polar surface area (TPSA) is 76.7 Å². The molecule has 1 saturated heterocycles. The summed E-state index contributed by atoms with van der Waals surface area (Å²) in [4.78, 5) is 23.0. The summed E-state index contributed by atoms with van der Waals surface area (Å²) in [7, 11) is 1.35. The number of amides is 1. The lowest BCUT2D eigenvalue weighted by atomic mass is 10.2. The molecule has 0 spiro atoms. The van der Waals surface area contributed by atoms with E-state index in [0.29, 0.717) is 12.2 Å². The second-order valence-electron chi connectivity index (χ2n) is 5.18. The van der Waals surface area contributed by atoms with Crippen LogP contribution in [0.2, 0.25) is 0 Å². The number of anilines is 1. The Balaban J connectivity index is 0.00000288. The van der Waals surface area contributed by atoms with Gasteiger partial charge >= 0.3 is 5.97 Å². The average molecular weight is 375 g/mol. The predicted molar refractivity (Wildman–Crippen MR) is 98.2 cm³/mol. The predicted octanol–water partition coefficient (Wildman–Crippen LogP) is 2.08. The summed E-state index contributed by atoms with van der Waals surface area (Å²) in [6.07, 6.45) is 0.686. The second kappa shape index (κ2) is 11.2. The van der Waals surface area contributed by atoms with Crippen molar-refractivity contribution < 1.29 is 19.1 Å². The number of halogens is 1. The minimum absolute atomic E-state index is 0. The van der Waals surface area contributed by atoms with Crippen molar-refractivity contribution in [1.29, 1.82) is 0 Å². The zero-order valence-electron chi connectivity index (χ0n) is 13.6. The molecular formula is C16H23ClN2O4S. The van der Waals surface area contributed by atoms with Gasteiger partial charge in [0.1, 0.15) is 5.75 Å². The molecule has 0 aromatic heterocycles. The number of thioether (sulfide) groups is 1. The highest BCUT2D eigenvalue weighted by Gasteiger charge is 2.16. The van der Waals surface area contributed by atoms with Crippen LogP contribution in [-0.4, -0.2) is 49.7 Å². The number of benzene rings is 1. The van der Waals surface area contributed by atoms with Gasteiger partial charge in [0.05, 0.1) is 20.1 Å². The molecule has 0 saturated carbocycles. The molecule has 1 aromatic rings. The fourth-order valence-electron chi connectivity index (χ4n) is 2.18. The summed E-state index contributed by atoms with van der Waals surface area (Å²) < 4.78 is 9.97. The van der Waals surface area contributed by atoms with E-state index < -0.39 is 0 Å². The molecule has 1 aromatic carbocycles. The molecule has 8 heteroatoms. The Morgan fingerprint density at radius 2 is 2.08 bits per heavy atom. The van der Waals surface area contributed by atoms with Crippen LogP contribution < -0.4 is 15.4 Å². The molecule has 134 valence electrons. The van der Waals surface area contributed by atoms with Crippen molar-refractivity contribution in [1.82, 2.24) is 5.32 Å². The van der Waals surface area contributed by atoms with Crippen molar-refractivity contribution in [3.8, 4) is 5.75 Å². The van der Waals surface area contributed by atoms with Crippen LogP contribution in [-0.2, 0) is 14.3 Å². The third-order valence-electron chi connectivity index (χ3n) is 3.37. The normalized spacial score (nSPS) is 16.6. The fourth-order valence-corrected chi connectivity index (χ4v) is 3.12. The largest absolute Gasteiger partial charge is 0.493 e. The molecule has 1 aliphatic heterocycles. The van der Waals surface area contributed by atoms with E-state index in [0.717, 1.165) is 23.7 Å². The lowest BCUT2D eigenvalue weighted by Gasteiger charge is -2.22. The molecule has 1 heterocycles. The lowest BCUT2D eigenvalue weighted by Crippen LogP contribution is -2.39. The summed E-state index contributed by atoms with van der Waals surface area (Å²) in [5.41, 5.74) is 0.735. The van der Waals surface area contributed by atoms with Crippen LogP contribution >= 0.6 is 24.2 Å². The Hall–Kier alpha value is -1.44. The van der Waals surface area contributed by atoms with E-state index in [2.05, 4.69) is 15.4 Å². The van der Waals surface area contributed by atoms with Crippen LogP contribution in [0.4, 0.5) is 5.69 Å². The van der Waals surface area contributed by atoms with Gasteiger partial charge in [-0.1, -0.05) is 0 Å². The lowest BCUT2D eigenvalue weighted by molar-refractivity contribution is -0.141. The number of methoxy groups -OCH3 is 1. The quantitative estimate of drug-likeness (QED) is 0.712. The molecule has 6 nitrogen and oxygen atoms in total. The Morgan fingerprint density at radius 1 is 1.33 bits per heavy atom. The first kappa shape index (κ1) is 20.6. The maximum Gasteiger partial charge on any atom is 0.308 e. The van der Waals surface area contributed by atoms with Crippen LogP contribution in [0.1, 0.15) is 12.8 Å². The average Bonchev–Trinajstić information content (AvgIpc) is 2.57. The van der Waals surface area contributed by atoms with Gasteiger partial charge < -0.3 is 20.1 Å². The summed E-state index contributed by atoms with van der Waals surface area (Å²) in [5.74, 6) is 2.43. The molecule has 1 unspecified atom stereocenters. The molecule has 1 atom stereocenters. The number of carbonyl (C=O) groups excluding carboxylic acids is 2. The molecule has 0 aliphatic carbocycles. The second-order valence-corrected chi connectivity index (χ2v) is 6.33. The number of hydrogen-bond acceptors (Lipinski definition) is 6. The molecule has 1 amide bonds. The zero-order valence-corrected chi connectivity index (χ0v) is 15.2. The standard InChI is InChI=1S/C16H22N2O4S.ClH/c1-21-16(20)6-8-22-14-4-2-12(3-5-14)18-15(19)10-13-11-23-9-7-17-13;/h2-5,13,17H,6-11H2,1H3,(H,18,19);1H. The monoisotopic (exact) mass is 374 g/mol. The van der Waals surface area contributed by atoms with Crippen molar-refractivity contribution in [2.24, 2.45) is 0 Å². The van der Waals surface area contributed by atoms with Crippen molar-refractivity contribution in [2.75, 3.05) is 37.1 Å². The van der Waals surface area contributed by atoms with Crippen molar-refractivity contribution >= 4 is 41.7 Å². The smallest absolute Gasteiger partial charge is 0.308 e. The Labute approximate surface area is 152 Å². The molecule has 24 heavy (non-hydrogen) atoms. The maximum absolute atomic E-state index is 12.0. The van der Waals surface area contributed by atoms with Crippen LogP contribution in [0.3, 0.4) is 0 Å². The van der Waals surface area contributed by atoms with Crippen LogP contribution in [0.25, 0.3) is 0 Å². The molecule has 2 rings (SSSR count). The van der Waals surface area contributed by atoms with Gasteiger partial charge in [0.2, 0.25) is 5.91 Å². The van der Waals surface area contributed by atoms with Crippen LogP contribution in [0, 0.1) is 0 Å². The third kappa shape index (κ3) is 7.42. The number of esters is 1. The maximum atomic E-state index is 12.0. The molecule has 1 aliphatic rings. The molecule has 0 radical (unpaired) electrons. The number of hydrogen-bond donors (Lipinski definition) is 2. The highest BCUT2D eigenvalue weighted by Crippen LogP contribution is 2.17. The van der Waals surface area contributed by atoms with E-state index >= 15 is 0 Å². The Morgan fingerprint density at radius 3 is 2.71 bits per heavy atom. The van der Waals surface area contributed by atoms with E-state index in [1.807, 2.05) is 11.8 Å². The minimum atomic E-state index is -0.302. The van der Waals surface area contributed by atoms with E-state index in [-0.39, 0.29) is 43.4 Å². The number of carbonyl (C=O) groups is 2.